The number of nitriles is 1. The number of nitrogens with zero attached hydrogens (tertiary/aromatic N) is 3. The van der Waals surface area contributed by atoms with Crippen molar-refractivity contribution in [2.24, 2.45) is 5.41 Å². The standard InChI is InChI=1S/C26H36N6O4/c1-18-15-19(17-27)5-6-21(18)20-7-12-32(13-8-20)24(34)23-26(25(35)30-36,9-4-10-29-23)16-22(33)28-11-14-31(2)3/h5-7,15,23,29,36H,4,8-14,16H2,1-3H3,(H,28,33)(H,30,35)/t23-,26+/m1/s1. The Morgan fingerprint density at radius 3 is 2.72 bits per heavy atom. The van der Waals surface area contributed by atoms with E-state index in [9.17, 15) is 19.6 Å². The number of carbonyl (C=O) groups excluding carboxylic acids is 3. The third kappa shape index (κ3) is 6.10. The average Bonchev–Trinajstić information content (AvgIpc) is 2.87. The van der Waals surface area contributed by atoms with E-state index in [1.807, 2.05) is 44.1 Å². The van der Waals surface area contributed by atoms with Crippen LogP contribution < -0.4 is 16.1 Å². The molecule has 4 N–H and O–H groups in total. The number of rotatable bonds is 8. The lowest BCUT2D eigenvalue weighted by atomic mass is 9.70. The second-order valence-corrected chi connectivity index (χ2v) is 9.82. The molecule has 194 valence electrons. The summed E-state index contributed by atoms with van der Waals surface area (Å²) >= 11 is 0. The van der Waals surface area contributed by atoms with Crippen LogP contribution >= 0.6 is 0 Å². The molecule has 2 aliphatic rings. The number of hydroxylamine groups is 1. The SMILES string of the molecule is Cc1cc(C#N)ccc1C1=CCN(C(=O)[C@H]2NCCC[C@@]2(CC(=O)NCCN(C)C)C(=O)NO)CC1. The number of benzene rings is 1. The van der Waals surface area contributed by atoms with E-state index in [0.29, 0.717) is 57.5 Å². The second-order valence-electron chi connectivity index (χ2n) is 9.82. The van der Waals surface area contributed by atoms with Gasteiger partial charge in [0, 0.05) is 32.6 Å². The van der Waals surface area contributed by atoms with Gasteiger partial charge in [0.1, 0.15) is 6.04 Å². The van der Waals surface area contributed by atoms with Crippen molar-refractivity contribution >= 4 is 23.3 Å². The molecule has 0 unspecified atom stereocenters. The number of aryl methyl sites for hydroxylation is 1. The van der Waals surface area contributed by atoms with Gasteiger partial charge in [-0.25, -0.2) is 5.48 Å². The summed E-state index contributed by atoms with van der Waals surface area (Å²) in [5.74, 6) is -1.32. The highest BCUT2D eigenvalue weighted by Gasteiger charge is 2.52. The highest BCUT2D eigenvalue weighted by atomic mass is 16.5. The van der Waals surface area contributed by atoms with Gasteiger partial charge in [0.05, 0.1) is 17.0 Å². The summed E-state index contributed by atoms with van der Waals surface area (Å²) in [6, 6.07) is 6.80. The lowest BCUT2D eigenvalue weighted by Gasteiger charge is -2.43. The summed E-state index contributed by atoms with van der Waals surface area (Å²) in [5.41, 5.74) is 4.11. The first kappa shape index (κ1) is 27.3. The van der Waals surface area contributed by atoms with Gasteiger partial charge in [-0.2, -0.15) is 5.26 Å². The lowest BCUT2D eigenvalue weighted by Crippen LogP contribution is -2.64. The summed E-state index contributed by atoms with van der Waals surface area (Å²) in [5, 5.41) is 24.6. The molecule has 0 spiro atoms. The molecular weight excluding hydrogens is 460 g/mol. The highest BCUT2D eigenvalue weighted by molar-refractivity contribution is 5.96. The summed E-state index contributed by atoms with van der Waals surface area (Å²) in [6.45, 7) is 4.41. The fourth-order valence-electron chi connectivity index (χ4n) is 5.10. The predicted octanol–water partition coefficient (Wildman–Crippen LogP) is 0.794. The summed E-state index contributed by atoms with van der Waals surface area (Å²) in [7, 11) is 3.79. The van der Waals surface area contributed by atoms with Crippen molar-refractivity contribution < 1.29 is 19.6 Å². The first-order valence-electron chi connectivity index (χ1n) is 12.3. The van der Waals surface area contributed by atoms with E-state index in [2.05, 4.69) is 16.7 Å². The van der Waals surface area contributed by atoms with Crippen molar-refractivity contribution in [3.8, 4) is 6.07 Å². The van der Waals surface area contributed by atoms with E-state index < -0.39 is 17.4 Å². The monoisotopic (exact) mass is 496 g/mol. The van der Waals surface area contributed by atoms with E-state index in [-0.39, 0.29) is 18.2 Å². The Morgan fingerprint density at radius 2 is 2.11 bits per heavy atom. The van der Waals surface area contributed by atoms with Crippen LogP contribution in [-0.4, -0.2) is 85.6 Å². The van der Waals surface area contributed by atoms with Crippen molar-refractivity contribution in [1.82, 2.24) is 25.9 Å². The number of carbonyl (C=O) groups is 3. The molecule has 2 heterocycles. The summed E-state index contributed by atoms with van der Waals surface area (Å²) in [6.07, 6.45) is 3.35. The zero-order chi connectivity index (χ0) is 26.3. The fraction of sp³-hybridized carbons (Fsp3) is 0.538. The van der Waals surface area contributed by atoms with E-state index >= 15 is 0 Å². The van der Waals surface area contributed by atoms with Crippen LogP contribution in [0.1, 0.15) is 42.4 Å². The minimum atomic E-state index is -1.39. The molecule has 10 heteroatoms. The first-order valence-corrected chi connectivity index (χ1v) is 12.3. The van der Waals surface area contributed by atoms with Crippen LogP contribution in [0.2, 0.25) is 0 Å². The minimum absolute atomic E-state index is 0.199. The van der Waals surface area contributed by atoms with E-state index in [1.54, 1.807) is 16.4 Å². The molecule has 1 fully saturated rings. The van der Waals surface area contributed by atoms with Gasteiger partial charge in [-0.15, -0.1) is 0 Å². The molecule has 0 saturated carbocycles. The maximum atomic E-state index is 13.7. The molecule has 0 radical (unpaired) electrons. The summed E-state index contributed by atoms with van der Waals surface area (Å²) < 4.78 is 0. The van der Waals surface area contributed by atoms with E-state index in [4.69, 9.17) is 5.26 Å². The smallest absolute Gasteiger partial charge is 0.252 e. The summed E-state index contributed by atoms with van der Waals surface area (Å²) in [4.78, 5) is 43.0. The Hall–Kier alpha value is -3.26. The molecule has 0 aliphatic carbocycles. The highest BCUT2D eigenvalue weighted by Crippen LogP contribution is 2.37. The second kappa shape index (κ2) is 12.1. The van der Waals surface area contributed by atoms with Gasteiger partial charge in [0.15, 0.2) is 0 Å². The van der Waals surface area contributed by atoms with Gasteiger partial charge in [-0.1, -0.05) is 12.1 Å². The Kier molecular flexibility index (Phi) is 9.20. The first-order chi connectivity index (χ1) is 17.2. The number of hydrogen-bond acceptors (Lipinski definition) is 7. The zero-order valence-corrected chi connectivity index (χ0v) is 21.3. The molecular formula is C26H36N6O4. The van der Waals surface area contributed by atoms with Crippen molar-refractivity contribution in [2.75, 3.05) is 46.8 Å². The Labute approximate surface area is 212 Å². The average molecular weight is 497 g/mol. The molecule has 1 aromatic carbocycles. The van der Waals surface area contributed by atoms with Gasteiger partial charge in [0.25, 0.3) is 5.91 Å². The van der Waals surface area contributed by atoms with E-state index in [0.717, 1.165) is 16.7 Å². The zero-order valence-electron chi connectivity index (χ0n) is 21.3. The lowest BCUT2D eigenvalue weighted by molar-refractivity contribution is -0.154. The van der Waals surface area contributed by atoms with Crippen LogP contribution in [0.3, 0.4) is 0 Å². The van der Waals surface area contributed by atoms with Gasteiger partial charge >= 0.3 is 0 Å². The maximum absolute atomic E-state index is 13.7. The third-order valence-corrected chi connectivity index (χ3v) is 7.08. The molecule has 10 nitrogen and oxygen atoms in total. The number of amides is 3. The van der Waals surface area contributed by atoms with Crippen LogP contribution in [0, 0.1) is 23.7 Å². The Morgan fingerprint density at radius 1 is 1.33 bits per heavy atom. The van der Waals surface area contributed by atoms with Crippen molar-refractivity contribution in [3.63, 3.8) is 0 Å². The molecule has 0 bridgehead atoms. The van der Waals surface area contributed by atoms with Crippen LogP contribution in [0.4, 0.5) is 0 Å². The molecule has 2 atom stereocenters. The molecule has 3 amide bonds. The van der Waals surface area contributed by atoms with Gasteiger partial charge in [0.2, 0.25) is 11.8 Å². The van der Waals surface area contributed by atoms with Crippen LogP contribution in [0.5, 0.6) is 0 Å². The maximum Gasteiger partial charge on any atom is 0.252 e. The third-order valence-electron chi connectivity index (χ3n) is 7.08. The molecule has 2 aliphatic heterocycles. The molecule has 1 saturated heterocycles. The van der Waals surface area contributed by atoms with E-state index in [1.165, 1.54) is 0 Å². The van der Waals surface area contributed by atoms with Gasteiger partial charge < -0.3 is 20.4 Å². The van der Waals surface area contributed by atoms with Crippen molar-refractivity contribution in [1.29, 1.82) is 5.26 Å². The fourth-order valence-corrected chi connectivity index (χ4v) is 5.10. The van der Waals surface area contributed by atoms with Crippen molar-refractivity contribution in [3.05, 3.63) is 41.0 Å². The normalized spacial score (nSPS) is 21.9. The van der Waals surface area contributed by atoms with Gasteiger partial charge in [-0.05, 0) is 75.7 Å². The Balaban J connectivity index is 1.77. The van der Waals surface area contributed by atoms with Crippen LogP contribution in [0.15, 0.2) is 24.3 Å². The largest absolute Gasteiger partial charge is 0.355 e. The van der Waals surface area contributed by atoms with Gasteiger partial charge in [-0.3, -0.25) is 19.6 Å². The van der Waals surface area contributed by atoms with Crippen molar-refractivity contribution in [2.45, 2.75) is 38.6 Å². The molecule has 0 aromatic heterocycles. The minimum Gasteiger partial charge on any atom is -0.355 e. The van der Waals surface area contributed by atoms with Crippen LogP contribution in [-0.2, 0) is 14.4 Å². The number of likely N-dealkylation sites (N-methyl/N-ethyl adjacent to an activating group) is 1. The number of nitrogens with one attached hydrogen (secondary N) is 3. The van der Waals surface area contributed by atoms with Crippen LogP contribution in [0.25, 0.3) is 5.57 Å². The predicted molar refractivity (Wildman–Crippen MR) is 135 cm³/mol. The Bertz CT molecular complexity index is 1060. The quantitative estimate of drug-likeness (QED) is 0.308. The molecule has 3 rings (SSSR count). The molecule has 36 heavy (non-hydrogen) atoms. The topological polar surface area (TPSA) is 138 Å². The number of hydrogen-bond donors (Lipinski definition) is 4. The molecule has 1 aromatic rings. The number of piperidine rings is 1.